The van der Waals surface area contributed by atoms with Crippen LogP contribution in [0.25, 0.3) is 11.4 Å². The van der Waals surface area contributed by atoms with Crippen molar-refractivity contribution in [3.8, 4) is 11.4 Å². The first kappa shape index (κ1) is 23.5. The van der Waals surface area contributed by atoms with Gasteiger partial charge in [0.1, 0.15) is 0 Å². The fourth-order valence-electron chi connectivity index (χ4n) is 4.48. The highest BCUT2D eigenvalue weighted by Gasteiger charge is 2.29. The highest BCUT2D eigenvalue weighted by molar-refractivity contribution is 6.30. The Morgan fingerprint density at radius 1 is 1.24 bits per heavy atom. The summed E-state index contributed by atoms with van der Waals surface area (Å²) < 4.78 is 5.48. The number of carbonyl (C=O) groups excluding carboxylic acids is 1. The molecule has 1 amide bonds. The van der Waals surface area contributed by atoms with Gasteiger partial charge in [-0.2, -0.15) is 4.98 Å². The van der Waals surface area contributed by atoms with E-state index in [1.807, 2.05) is 36.4 Å². The van der Waals surface area contributed by atoms with Crippen molar-refractivity contribution in [1.82, 2.24) is 20.4 Å². The smallest absolute Gasteiger partial charge is 0.241 e. The molecule has 1 aliphatic rings. The van der Waals surface area contributed by atoms with Crippen LogP contribution in [-0.4, -0.2) is 34.0 Å². The number of hydrogen-bond donors (Lipinski definition) is 1. The summed E-state index contributed by atoms with van der Waals surface area (Å²) in [5.74, 6) is 1.44. The molecule has 0 spiro atoms. The van der Waals surface area contributed by atoms with Crippen molar-refractivity contribution in [2.75, 3.05) is 13.1 Å². The van der Waals surface area contributed by atoms with Gasteiger partial charge in [0.25, 0.3) is 0 Å². The topological polar surface area (TPSA) is 71.3 Å². The molecule has 2 atom stereocenters. The Bertz CT molecular complexity index is 1100. The second-order valence-electron chi connectivity index (χ2n) is 9.18. The van der Waals surface area contributed by atoms with Gasteiger partial charge in [0.2, 0.25) is 17.6 Å². The van der Waals surface area contributed by atoms with Gasteiger partial charge in [0.15, 0.2) is 0 Å². The van der Waals surface area contributed by atoms with E-state index in [9.17, 15) is 4.79 Å². The van der Waals surface area contributed by atoms with Crippen molar-refractivity contribution < 1.29 is 9.32 Å². The van der Waals surface area contributed by atoms with Crippen LogP contribution in [0.5, 0.6) is 0 Å². The van der Waals surface area contributed by atoms with Gasteiger partial charge in [-0.3, -0.25) is 9.69 Å². The number of rotatable bonds is 7. The average molecular weight is 467 g/mol. The average Bonchev–Trinajstić information content (AvgIpc) is 3.26. The summed E-state index contributed by atoms with van der Waals surface area (Å²) in [5.41, 5.74) is 3.21. The van der Waals surface area contributed by atoms with Crippen LogP contribution >= 0.6 is 11.6 Å². The molecule has 0 bridgehead atoms. The van der Waals surface area contributed by atoms with Gasteiger partial charge in [0.05, 0.1) is 18.5 Å². The molecule has 33 heavy (non-hydrogen) atoms. The number of halogens is 1. The minimum atomic E-state index is -0.0562. The number of aromatic nitrogens is 2. The molecule has 2 heterocycles. The lowest BCUT2D eigenvalue weighted by molar-refractivity contribution is -0.128. The molecule has 2 unspecified atom stereocenters. The molecule has 3 aromatic rings. The maximum Gasteiger partial charge on any atom is 0.241 e. The zero-order chi connectivity index (χ0) is 23.4. The van der Waals surface area contributed by atoms with Crippen LogP contribution in [0.4, 0.5) is 0 Å². The summed E-state index contributed by atoms with van der Waals surface area (Å²) >= 11 is 6.07. The first-order chi connectivity index (χ1) is 15.9. The van der Waals surface area contributed by atoms with Gasteiger partial charge in [-0.25, -0.2) is 0 Å². The zero-order valence-electron chi connectivity index (χ0n) is 19.4. The fraction of sp³-hybridized carbons (Fsp3) is 0.423. The SMILES string of the molecule is Cc1ccccc1C(NC(=O)C1CCCN(Cc2nc(-c3cccc(Cl)c3)no2)C1)C(C)C. The molecular weight excluding hydrogens is 436 g/mol. The van der Waals surface area contributed by atoms with Gasteiger partial charge in [-0.15, -0.1) is 0 Å². The third kappa shape index (κ3) is 5.81. The number of amides is 1. The Labute approximate surface area is 200 Å². The van der Waals surface area contributed by atoms with Gasteiger partial charge in [-0.05, 0) is 55.5 Å². The molecule has 1 N–H and O–H groups in total. The van der Waals surface area contributed by atoms with Crippen molar-refractivity contribution in [2.24, 2.45) is 11.8 Å². The fourth-order valence-corrected chi connectivity index (χ4v) is 4.67. The second-order valence-corrected chi connectivity index (χ2v) is 9.62. The van der Waals surface area contributed by atoms with E-state index in [0.717, 1.165) is 24.9 Å². The van der Waals surface area contributed by atoms with E-state index in [2.05, 4.69) is 53.3 Å². The maximum absolute atomic E-state index is 13.2. The van der Waals surface area contributed by atoms with Crippen molar-refractivity contribution >= 4 is 17.5 Å². The quantitative estimate of drug-likeness (QED) is 0.503. The van der Waals surface area contributed by atoms with Crippen LogP contribution in [0.2, 0.25) is 5.02 Å². The molecule has 4 rings (SSSR count). The van der Waals surface area contributed by atoms with E-state index >= 15 is 0 Å². The summed E-state index contributed by atoms with van der Waals surface area (Å²) in [6.07, 6.45) is 1.85. The van der Waals surface area contributed by atoms with Crippen molar-refractivity contribution in [3.05, 3.63) is 70.6 Å². The molecule has 1 aliphatic heterocycles. The number of piperidine rings is 1. The largest absolute Gasteiger partial charge is 0.349 e. The molecule has 1 aromatic heterocycles. The molecule has 1 saturated heterocycles. The molecular formula is C26H31ClN4O2. The number of hydrogen-bond acceptors (Lipinski definition) is 5. The maximum atomic E-state index is 13.2. The Kier molecular flexibility index (Phi) is 7.46. The third-order valence-electron chi connectivity index (χ3n) is 6.27. The Balaban J connectivity index is 1.39. The lowest BCUT2D eigenvalue weighted by Crippen LogP contribution is -2.44. The van der Waals surface area contributed by atoms with Crippen molar-refractivity contribution in [1.29, 1.82) is 0 Å². The summed E-state index contributed by atoms with van der Waals surface area (Å²) in [7, 11) is 0. The lowest BCUT2D eigenvalue weighted by atomic mass is 9.91. The standard InChI is InChI=1S/C26H31ClN4O2/c1-17(2)24(22-12-5-4-8-18(22)3)29-26(32)20-10-7-13-31(15-20)16-23-28-25(30-33-23)19-9-6-11-21(27)14-19/h4-6,8-9,11-12,14,17,20,24H,7,10,13,15-16H2,1-3H3,(H,29,32). The first-order valence-electron chi connectivity index (χ1n) is 11.6. The van der Waals surface area contributed by atoms with Gasteiger partial charge in [-0.1, -0.05) is 67.0 Å². The summed E-state index contributed by atoms with van der Waals surface area (Å²) in [6, 6.07) is 15.7. The van der Waals surface area contributed by atoms with Crippen LogP contribution in [0.1, 0.15) is 49.7 Å². The van der Waals surface area contributed by atoms with E-state index in [1.54, 1.807) is 0 Å². The van der Waals surface area contributed by atoms with Gasteiger partial charge < -0.3 is 9.84 Å². The lowest BCUT2D eigenvalue weighted by Gasteiger charge is -2.33. The van der Waals surface area contributed by atoms with E-state index in [1.165, 1.54) is 11.1 Å². The Morgan fingerprint density at radius 2 is 2.06 bits per heavy atom. The number of aryl methyl sites for hydroxylation is 1. The summed E-state index contributed by atoms with van der Waals surface area (Å²) in [5, 5.41) is 8.06. The molecule has 0 radical (unpaired) electrons. The number of likely N-dealkylation sites (tertiary alicyclic amines) is 1. The second kappa shape index (κ2) is 10.5. The normalized spacial score (nSPS) is 17.8. The van der Waals surface area contributed by atoms with Crippen LogP contribution in [-0.2, 0) is 11.3 Å². The number of benzene rings is 2. The van der Waals surface area contributed by atoms with E-state index < -0.39 is 0 Å². The first-order valence-corrected chi connectivity index (χ1v) is 12.0. The number of carbonyl (C=O) groups is 1. The van der Waals surface area contributed by atoms with E-state index in [4.69, 9.17) is 16.1 Å². The monoisotopic (exact) mass is 466 g/mol. The predicted molar refractivity (Wildman–Crippen MR) is 130 cm³/mol. The number of nitrogens with one attached hydrogen (secondary N) is 1. The Morgan fingerprint density at radius 3 is 2.82 bits per heavy atom. The molecule has 2 aromatic carbocycles. The molecule has 7 heteroatoms. The summed E-state index contributed by atoms with van der Waals surface area (Å²) in [6.45, 7) is 8.52. The van der Waals surface area contributed by atoms with Crippen molar-refractivity contribution in [3.63, 3.8) is 0 Å². The zero-order valence-corrected chi connectivity index (χ0v) is 20.2. The molecule has 1 fully saturated rings. The highest BCUT2D eigenvalue weighted by atomic mass is 35.5. The van der Waals surface area contributed by atoms with Crippen LogP contribution in [0.3, 0.4) is 0 Å². The van der Waals surface area contributed by atoms with Gasteiger partial charge >= 0.3 is 0 Å². The van der Waals surface area contributed by atoms with Crippen molar-refractivity contribution in [2.45, 2.75) is 46.2 Å². The third-order valence-corrected chi connectivity index (χ3v) is 6.51. The van der Waals surface area contributed by atoms with Crippen LogP contribution in [0.15, 0.2) is 53.1 Å². The van der Waals surface area contributed by atoms with Crippen LogP contribution in [0, 0.1) is 18.8 Å². The minimum Gasteiger partial charge on any atom is -0.349 e. The minimum absolute atomic E-state index is 0.00488. The van der Waals surface area contributed by atoms with E-state index in [0.29, 0.717) is 35.7 Å². The van der Waals surface area contributed by atoms with E-state index in [-0.39, 0.29) is 17.9 Å². The molecule has 6 nitrogen and oxygen atoms in total. The van der Waals surface area contributed by atoms with Crippen LogP contribution < -0.4 is 5.32 Å². The molecule has 0 saturated carbocycles. The summed E-state index contributed by atoms with van der Waals surface area (Å²) in [4.78, 5) is 20.0. The predicted octanol–water partition coefficient (Wildman–Crippen LogP) is 5.42. The van der Waals surface area contributed by atoms with Gasteiger partial charge in [0, 0.05) is 17.1 Å². The number of nitrogens with zero attached hydrogens (tertiary/aromatic N) is 3. The highest BCUT2D eigenvalue weighted by Crippen LogP contribution is 2.27. The molecule has 0 aliphatic carbocycles. The molecule has 174 valence electrons. The Hall–Kier alpha value is -2.70.